The number of methoxy groups -OCH3 is 1. The predicted molar refractivity (Wildman–Crippen MR) is 71.2 cm³/mol. The molecule has 1 aliphatic rings. The first-order valence-electron chi connectivity index (χ1n) is 6.65. The van der Waals surface area contributed by atoms with Crippen molar-refractivity contribution in [2.24, 2.45) is 0 Å². The van der Waals surface area contributed by atoms with Gasteiger partial charge in [0.15, 0.2) is 0 Å². The molecule has 1 atom stereocenters. The van der Waals surface area contributed by atoms with E-state index in [1.165, 1.54) is 0 Å². The lowest BCUT2D eigenvalue weighted by atomic mass is 9.96. The van der Waals surface area contributed by atoms with Gasteiger partial charge in [-0.3, -0.25) is 4.79 Å². The second kappa shape index (κ2) is 6.68. The number of benzene rings is 1. The largest absolute Gasteiger partial charge is 0.496 e. The molecule has 1 aromatic rings. The fourth-order valence-electron chi connectivity index (χ4n) is 2.43. The van der Waals surface area contributed by atoms with Gasteiger partial charge in [0.25, 0.3) is 0 Å². The Bertz CT molecular complexity index is 420. The maximum atomic E-state index is 11.2. The fourth-order valence-corrected chi connectivity index (χ4v) is 2.43. The molecule has 1 fully saturated rings. The Kier molecular flexibility index (Phi) is 4.93. The average Bonchev–Trinajstić information content (AvgIpc) is 2.46. The van der Waals surface area contributed by atoms with Crippen LogP contribution in [0, 0.1) is 0 Å². The molecule has 104 valence electrons. The topological polar surface area (TPSA) is 55.8 Å². The first-order valence-corrected chi connectivity index (χ1v) is 6.65. The smallest absolute Gasteiger partial charge is 0.133 e. The van der Waals surface area contributed by atoms with Gasteiger partial charge >= 0.3 is 0 Å². The third kappa shape index (κ3) is 3.55. The van der Waals surface area contributed by atoms with Gasteiger partial charge in [-0.05, 0) is 18.9 Å². The molecule has 1 aliphatic carbocycles. The minimum Gasteiger partial charge on any atom is -0.496 e. The summed E-state index contributed by atoms with van der Waals surface area (Å²) in [5.74, 6) is 1.02. The van der Waals surface area contributed by atoms with Crippen molar-refractivity contribution in [3.63, 3.8) is 0 Å². The Morgan fingerprint density at radius 3 is 2.63 bits per heavy atom. The van der Waals surface area contributed by atoms with E-state index in [4.69, 9.17) is 9.47 Å². The summed E-state index contributed by atoms with van der Waals surface area (Å²) in [5, 5.41) is 9.53. The first kappa shape index (κ1) is 14.0. The molecule has 0 heterocycles. The summed E-state index contributed by atoms with van der Waals surface area (Å²) in [7, 11) is 1.60. The number of hydrogen-bond acceptors (Lipinski definition) is 4. The van der Waals surface area contributed by atoms with Crippen LogP contribution < -0.4 is 4.74 Å². The summed E-state index contributed by atoms with van der Waals surface area (Å²) in [6, 6.07) is 7.53. The first-order chi connectivity index (χ1) is 9.24. The number of ether oxygens (including phenoxy) is 2. The lowest BCUT2D eigenvalue weighted by Gasteiger charge is -2.27. The van der Waals surface area contributed by atoms with Crippen LogP contribution in [-0.2, 0) is 9.53 Å². The quantitative estimate of drug-likeness (QED) is 0.886. The van der Waals surface area contributed by atoms with E-state index in [-0.39, 0.29) is 12.7 Å². The van der Waals surface area contributed by atoms with Gasteiger partial charge in [-0.2, -0.15) is 0 Å². The number of ketones is 1. The number of carbonyl (C=O) groups is 1. The van der Waals surface area contributed by atoms with Crippen LogP contribution >= 0.6 is 0 Å². The Balaban J connectivity index is 2.05. The van der Waals surface area contributed by atoms with E-state index >= 15 is 0 Å². The molecule has 4 nitrogen and oxygen atoms in total. The molecule has 0 amide bonds. The highest BCUT2D eigenvalue weighted by Gasteiger charge is 2.24. The van der Waals surface area contributed by atoms with Gasteiger partial charge < -0.3 is 14.6 Å². The Labute approximate surface area is 113 Å². The highest BCUT2D eigenvalue weighted by molar-refractivity contribution is 5.79. The van der Waals surface area contributed by atoms with Gasteiger partial charge in [0.1, 0.15) is 17.6 Å². The lowest BCUT2D eigenvalue weighted by Crippen LogP contribution is -2.25. The van der Waals surface area contributed by atoms with Crippen molar-refractivity contribution in [3.8, 4) is 5.75 Å². The van der Waals surface area contributed by atoms with E-state index in [0.717, 1.165) is 18.4 Å². The minimum absolute atomic E-state index is 0.0414. The van der Waals surface area contributed by atoms with Crippen molar-refractivity contribution in [1.29, 1.82) is 0 Å². The van der Waals surface area contributed by atoms with Crippen LogP contribution in [0.25, 0.3) is 0 Å². The molecular formula is C15H20O4. The zero-order valence-corrected chi connectivity index (χ0v) is 11.2. The monoisotopic (exact) mass is 264 g/mol. The summed E-state index contributed by atoms with van der Waals surface area (Å²) in [5.41, 5.74) is 0.851. The maximum Gasteiger partial charge on any atom is 0.133 e. The molecule has 1 aromatic carbocycles. The zero-order chi connectivity index (χ0) is 13.7. The number of rotatable bonds is 5. The summed E-state index contributed by atoms with van der Waals surface area (Å²) >= 11 is 0. The highest BCUT2D eigenvalue weighted by Crippen LogP contribution is 2.30. The molecule has 1 saturated carbocycles. The van der Waals surface area contributed by atoms with E-state index in [1.54, 1.807) is 7.11 Å². The second-order valence-electron chi connectivity index (χ2n) is 4.79. The van der Waals surface area contributed by atoms with Crippen molar-refractivity contribution in [1.82, 2.24) is 0 Å². The summed E-state index contributed by atoms with van der Waals surface area (Å²) < 4.78 is 11.2. The van der Waals surface area contributed by atoms with Crippen molar-refractivity contribution in [2.45, 2.75) is 37.9 Å². The van der Waals surface area contributed by atoms with Gasteiger partial charge in [0, 0.05) is 18.4 Å². The number of aliphatic hydroxyl groups excluding tert-OH is 1. The summed E-state index contributed by atoms with van der Waals surface area (Å²) in [6.45, 7) is -0.0924. The highest BCUT2D eigenvalue weighted by atomic mass is 16.5. The second-order valence-corrected chi connectivity index (χ2v) is 4.79. The van der Waals surface area contributed by atoms with Crippen LogP contribution in [-0.4, -0.2) is 30.7 Å². The normalized spacial score (nSPS) is 18.3. The van der Waals surface area contributed by atoms with Crippen LogP contribution in [0.1, 0.15) is 37.4 Å². The zero-order valence-electron chi connectivity index (χ0n) is 11.2. The van der Waals surface area contributed by atoms with Gasteiger partial charge in [-0.25, -0.2) is 0 Å². The predicted octanol–water partition coefficient (Wildman–Crippen LogP) is 2.26. The molecule has 0 radical (unpaired) electrons. The third-order valence-electron chi connectivity index (χ3n) is 3.50. The number of carbonyl (C=O) groups excluding carboxylic acids is 1. The molecule has 0 aromatic heterocycles. The van der Waals surface area contributed by atoms with Gasteiger partial charge in [0.2, 0.25) is 0 Å². The molecule has 0 saturated heterocycles. The fraction of sp³-hybridized carbons (Fsp3) is 0.533. The van der Waals surface area contributed by atoms with Crippen LogP contribution in [0.5, 0.6) is 5.75 Å². The number of Topliss-reactive ketones (excluding diaryl/α,β-unsaturated/α-hetero) is 1. The number of para-hydroxylation sites is 1. The third-order valence-corrected chi connectivity index (χ3v) is 3.50. The Hall–Kier alpha value is -1.39. The van der Waals surface area contributed by atoms with E-state index in [2.05, 4.69) is 0 Å². The van der Waals surface area contributed by atoms with Crippen LogP contribution in [0.2, 0.25) is 0 Å². The standard InChI is InChI=1S/C15H20O4/c1-18-14-5-3-2-4-13(14)15(10-16)19-12-8-6-11(17)7-9-12/h2-5,12,15-16H,6-10H2,1H3. The Morgan fingerprint density at radius 2 is 2.00 bits per heavy atom. The molecule has 0 spiro atoms. The molecular weight excluding hydrogens is 244 g/mol. The molecule has 0 bridgehead atoms. The van der Waals surface area contributed by atoms with Crippen molar-refractivity contribution < 1.29 is 19.4 Å². The summed E-state index contributed by atoms with van der Waals surface area (Å²) in [4.78, 5) is 11.2. The summed E-state index contributed by atoms with van der Waals surface area (Å²) in [6.07, 6.45) is 2.28. The van der Waals surface area contributed by atoms with Crippen molar-refractivity contribution >= 4 is 5.78 Å². The minimum atomic E-state index is -0.394. The lowest BCUT2D eigenvalue weighted by molar-refractivity contribution is -0.125. The number of aliphatic hydroxyl groups is 1. The van der Waals surface area contributed by atoms with E-state index in [0.29, 0.717) is 24.4 Å². The molecule has 1 unspecified atom stereocenters. The van der Waals surface area contributed by atoms with Crippen molar-refractivity contribution in [3.05, 3.63) is 29.8 Å². The maximum absolute atomic E-state index is 11.2. The van der Waals surface area contributed by atoms with E-state index < -0.39 is 6.10 Å². The average molecular weight is 264 g/mol. The van der Waals surface area contributed by atoms with Crippen LogP contribution in [0.4, 0.5) is 0 Å². The van der Waals surface area contributed by atoms with Gasteiger partial charge in [0.05, 0.1) is 19.8 Å². The van der Waals surface area contributed by atoms with Gasteiger partial charge in [-0.15, -0.1) is 0 Å². The van der Waals surface area contributed by atoms with Gasteiger partial charge in [-0.1, -0.05) is 18.2 Å². The van der Waals surface area contributed by atoms with Crippen LogP contribution in [0.3, 0.4) is 0 Å². The molecule has 4 heteroatoms. The molecule has 2 rings (SSSR count). The van der Waals surface area contributed by atoms with E-state index in [9.17, 15) is 9.90 Å². The molecule has 19 heavy (non-hydrogen) atoms. The molecule has 0 aliphatic heterocycles. The van der Waals surface area contributed by atoms with Crippen LogP contribution in [0.15, 0.2) is 24.3 Å². The van der Waals surface area contributed by atoms with E-state index in [1.807, 2.05) is 24.3 Å². The van der Waals surface area contributed by atoms with Crippen molar-refractivity contribution in [2.75, 3.05) is 13.7 Å². The number of hydrogen-bond donors (Lipinski definition) is 1. The SMILES string of the molecule is COc1ccccc1C(CO)OC1CCC(=O)CC1. The molecule has 1 N–H and O–H groups in total. The Morgan fingerprint density at radius 1 is 1.32 bits per heavy atom.